The van der Waals surface area contributed by atoms with Crippen LogP contribution in [-0.4, -0.2) is 24.1 Å². The number of halogens is 3. The first-order valence-electron chi connectivity index (χ1n) is 11.6. The first-order chi connectivity index (χ1) is 17.4. The summed E-state index contributed by atoms with van der Waals surface area (Å²) in [5.74, 6) is 0.318. The summed E-state index contributed by atoms with van der Waals surface area (Å²) < 4.78 is 47.4. The summed E-state index contributed by atoms with van der Waals surface area (Å²) in [6.45, 7) is -0.701. The lowest BCUT2D eigenvalue weighted by Gasteiger charge is -2.12. The Bertz CT molecular complexity index is 1380. The van der Waals surface area contributed by atoms with Crippen LogP contribution in [0.3, 0.4) is 0 Å². The molecule has 1 saturated carbocycles. The summed E-state index contributed by atoms with van der Waals surface area (Å²) in [6, 6.07) is 11.3. The van der Waals surface area contributed by atoms with Gasteiger partial charge >= 0.3 is 6.61 Å². The van der Waals surface area contributed by atoms with Crippen LogP contribution in [0.25, 0.3) is 22.4 Å². The highest BCUT2D eigenvalue weighted by molar-refractivity contribution is 5.94. The van der Waals surface area contributed by atoms with Crippen LogP contribution in [0.15, 0.2) is 57.6 Å². The third-order valence-corrected chi connectivity index (χ3v) is 5.86. The minimum atomic E-state index is -2.99. The minimum Gasteiger partial charge on any atom is -0.489 e. The van der Waals surface area contributed by atoms with E-state index in [4.69, 9.17) is 19.3 Å². The molecule has 1 aliphatic rings. The van der Waals surface area contributed by atoms with Crippen LogP contribution in [0.2, 0.25) is 0 Å². The van der Waals surface area contributed by atoms with Crippen LogP contribution in [0.1, 0.15) is 47.6 Å². The Morgan fingerprint density at radius 3 is 2.73 bits per heavy atom. The van der Waals surface area contributed by atoms with E-state index in [2.05, 4.69) is 15.0 Å². The number of para-hydroxylation sites is 1. The number of amides is 1. The molecule has 8 nitrogen and oxygen atoms in total. The molecule has 37 heavy (non-hydrogen) atoms. The fourth-order valence-corrected chi connectivity index (χ4v) is 3.79. The van der Waals surface area contributed by atoms with Gasteiger partial charge in [0.15, 0.2) is 23.0 Å². The van der Waals surface area contributed by atoms with Gasteiger partial charge in [-0.2, -0.15) is 8.78 Å². The van der Waals surface area contributed by atoms with E-state index in [1.165, 1.54) is 18.2 Å². The number of fused-ring (bicyclic) bond motifs is 1. The summed E-state index contributed by atoms with van der Waals surface area (Å²) in [5, 5.41) is 3.73. The van der Waals surface area contributed by atoms with Crippen molar-refractivity contribution in [2.45, 2.75) is 39.0 Å². The topological polar surface area (TPSA) is 113 Å². The van der Waals surface area contributed by atoms with E-state index in [9.17, 15) is 13.6 Å². The number of oxazole rings is 1. The van der Waals surface area contributed by atoms with Gasteiger partial charge in [0, 0.05) is 23.1 Å². The first-order valence-corrected chi connectivity index (χ1v) is 11.6. The van der Waals surface area contributed by atoms with Crippen molar-refractivity contribution < 1.29 is 31.9 Å². The number of aromatic nitrogens is 1. The van der Waals surface area contributed by atoms with Crippen molar-refractivity contribution >= 4 is 29.3 Å². The van der Waals surface area contributed by atoms with E-state index in [1.807, 2.05) is 24.3 Å². The van der Waals surface area contributed by atoms with Crippen molar-refractivity contribution in [3.63, 3.8) is 0 Å². The van der Waals surface area contributed by atoms with Crippen LogP contribution in [0.4, 0.5) is 8.78 Å². The molecule has 4 aromatic rings. The normalized spacial score (nSPS) is 13.9. The lowest BCUT2D eigenvalue weighted by atomic mass is 10.1. The second kappa shape index (κ2) is 11.2. The Morgan fingerprint density at radius 1 is 1.22 bits per heavy atom. The number of rotatable bonds is 10. The Kier molecular flexibility index (Phi) is 7.99. The number of carbonyl (C=O) groups is 1. The molecule has 1 fully saturated rings. The fraction of sp³-hybridized carbons (Fsp3) is 0.308. The van der Waals surface area contributed by atoms with Gasteiger partial charge in [-0.15, -0.1) is 12.4 Å². The molecular formula is C26H26ClF2N3O5. The molecule has 0 aliphatic heterocycles. The highest BCUT2D eigenvalue weighted by Gasteiger charge is 2.26. The number of ether oxygens (including phenoxy) is 2. The highest BCUT2D eigenvalue weighted by Crippen LogP contribution is 2.37. The van der Waals surface area contributed by atoms with Crippen molar-refractivity contribution in [1.82, 2.24) is 10.3 Å². The van der Waals surface area contributed by atoms with Gasteiger partial charge in [0.1, 0.15) is 5.58 Å². The second-order valence-electron chi connectivity index (χ2n) is 8.75. The molecule has 1 amide bonds. The molecule has 2 aromatic carbocycles. The van der Waals surface area contributed by atoms with Crippen LogP contribution in [-0.2, 0) is 6.54 Å². The van der Waals surface area contributed by atoms with Crippen LogP contribution in [0.5, 0.6) is 11.5 Å². The Balaban J connectivity index is 0.00000320. The lowest BCUT2D eigenvalue weighted by Crippen LogP contribution is -2.25. The van der Waals surface area contributed by atoms with Gasteiger partial charge in [-0.1, -0.05) is 18.2 Å². The molecule has 1 atom stereocenters. The Labute approximate surface area is 217 Å². The average Bonchev–Trinajstić information content (AvgIpc) is 3.42. The zero-order valence-electron chi connectivity index (χ0n) is 19.9. The van der Waals surface area contributed by atoms with E-state index in [0.29, 0.717) is 18.1 Å². The van der Waals surface area contributed by atoms with Gasteiger partial charge in [0.25, 0.3) is 5.91 Å². The van der Waals surface area contributed by atoms with Crippen LogP contribution >= 0.6 is 12.4 Å². The zero-order chi connectivity index (χ0) is 25.2. The summed E-state index contributed by atoms with van der Waals surface area (Å²) in [4.78, 5) is 17.4. The number of carbonyl (C=O) groups excluding carboxylic acids is 1. The van der Waals surface area contributed by atoms with E-state index >= 15 is 0 Å². The summed E-state index contributed by atoms with van der Waals surface area (Å²) >= 11 is 0. The number of furan rings is 1. The number of hydrogen-bond acceptors (Lipinski definition) is 7. The molecule has 0 saturated heterocycles. The van der Waals surface area contributed by atoms with Crippen molar-refractivity contribution in [3.05, 3.63) is 65.7 Å². The largest absolute Gasteiger partial charge is 0.489 e. The smallest absolute Gasteiger partial charge is 0.387 e. The average molecular weight is 534 g/mol. The molecule has 2 aromatic heterocycles. The third-order valence-electron chi connectivity index (χ3n) is 5.86. The quantitative estimate of drug-likeness (QED) is 0.263. The van der Waals surface area contributed by atoms with Crippen molar-refractivity contribution in [1.29, 1.82) is 0 Å². The van der Waals surface area contributed by atoms with Gasteiger partial charge in [-0.25, -0.2) is 4.98 Å². The van der Waals surface area contributed by atoms with Crippen LogP contribution in [0, 0.1) is 5.92 Å². The van der Waals surface area contributed by atoms with Gasteiger partial charge in [-0.05, 0) is 49.9 Å². The van der Waals surface area contributed by atoms with Crippen molar-refractivity contribution in [2.75, 3.05) is 6.61 Å². The molecule has 0 radical (unpaired) electrons. The number of nitrogens with one attached hydrogen (secondary N) is 1. The molecule has 3 N–H and O–H groups in total. The minimum absolute atomic E-state index is 0. The van der Waals surface area contributed by atoms with Crippen molar-refractivity contribution in [2.24, 2.45) is 11.7 Å². The number of nitrogens with two attached hydrogens (primary N) is 1. The molecule has 0 bridgehead atoms. The van der Waals surface area contributed by atoms with E-state index in [1.54, 1.807) is 13.2 Å². The SMILES string of the molecule is CC(N)c1oc(-c2ccc(OC(F)F)c(OCC3CC3)c2)nc1C(=O)NCc1coc2ccccc12.Cl. The molecule has 5 rings (SSSR count). The Morgan fingerprint density at radius 2 is 2.00 bits per heavy atom. The van der Waals surface area contributed by atoms with E-state index < -0.39 is 18.6 Å². The molecule has 196 valence electrons. The predicted molar refractivity (Wildman–Crippen MR) is 134 cm³/mol. The third kappa shape index (κ3) is 6.03. The summed E-state index contributed by atoms with van der Waals surface area (Å²) in [7, 11) is 0. The van der Waals surface area contributed by atoms with Gasteiger partial charge < -0.3 is 29.4 Å². The zero-order valence-corrected chi connectivity index (χ0v) is 20.7. The van der Waals surface area contributed by atoms with Crippen molar-refractivity contribution in [3.8, 4) is 23.0 Å². The van der Waals surface area contributed by atoms with E-state index in [0.717, 1.165) is 29.4 Å². The molecule has 0 spiro atoms. The maximum Gasteiger partial charge on any atom is 0.387 e. The summed E-state index contributed by atoms with van der Waals surface area (Å²) in [6.07, 6.45) is 3.67. The number of benzene rings is 2. The molecule has 11 heteroatoms. The molecule has 1 aliphatic carbocycles. The monoisotopic (exact) mass is 533 g/mol. The highest BCUT2D eigenvalue weighted by atomic mass is 35.5. The second-order valence-corrected chi connectivity index (χ2v) is 8.75. The predicted octanol–water partition coefficient (Wildman–Crippen LogP) is 5.85. The van der Waals surface area contributed by atoms with Gasteiger partial charge in [0.2, 0.25) is 5.89 Å². The number of hydrogen-bond donors (Lipinski definition) is 2. The maximum absolute atomic E-state index is 13.0. The standard InChI is InChI=1S/C26H25F2N3O5.ClH/c1-14(29)23-22(24(32)30-11-17-13-34-19-5-3-2-4-18(17)19)31-25(36-23)16-8-9-20(35-26(27)28)21(10-16)33-12-15-6-7-15;/h2-5,8-10,13-15,26H,6-7,11-12,29H2,1H3,(H,30,32);1H. The number of alkyl halides is 2. The van der Waals surface area contributed by atoms with E-state index in [-0.39, 0.29) is 47.8 Å². The van der Waals surface area contributed by atoms with Crippen LogP contribution < -0.4 is 20.5 Å². The molecular weight excluding hydrogens is 508 g/mol. The number of nitrogens with zero attached hydrogens (tertiary/aromatic N) is 1. The van der Waals surface area contributed by atoms with Gasteiger partial charge in [0.05, 0.1) is 18.9 Å². The summed E-state index contributed by atoms with van der Waals surface area (Å²) in [5.41, 5.74) is 8.07. The fourth-order valence-electron chi connectivity index (χ4n) is 3.79. The Hall–Kier alpha value is -3.63. The first kappa shape index (κ1) is 26.4. The maximum atomic E-state index is 13.0. The molecule has 2 heterocycles. The van der Waals surface area contributed by atoms with Gasteiger partial charge in [-0.3, -0.25) is 4.79 Å². The lowest BCUT2D eigenvalue weighted by molar-refractivity contribution is -0.0515. The molecule has 1 unspecified atom stereocenters.